The molecule has 1 amide bonds. The van der Waals surface area contributed by atoms with E-state index in [1.165, 1.54) is 0 Å². The second-order valence-corrected chi connectivity index (χ2v) is 6.54. The number of anilines is 1. The summed E-state index contributed by atoms with van der Waals surface area (Å²) in [5, 5.41) is 3.91. The molecule has 6 nitrogen and oxygen atoms in total. The van der Waals surface area contributed by atoms with Gasteiger partial charge in [0.25, 0.3) is 0 Å². The van der Waals surface area contributed by atoms with Crippen LogP contribution < -0.4 is 5.32 Å². The molecule has 3 aromatic heterocycles. The van der Waals surface area contributed by atoms with Crippen molar-refractivity contribution in [1.82, 2.24) is 15.0 Å². The third kappa shape index (κ3) is 3.13. The van der Waals surface area contributed by atoms with Crippen LogP contribution in [0.1, 0.15) is 18.5 Å². The number of H-pyrrole nitrogens is 1. The van der Waals surface area contributed by atoms with Crippen molar-refractivity contribution in [3.05, 3.63) is 42.4 Å². The number of nitrogens with zero attached hydrogens (tertiary/aromatic N) is 2. The molecule has 0 unspecified atom stereocenters. The molecular formula is C19H20N4O2. The molecule has 2 N–H and O–H groups in total. The topological polar surface area (TPSA) is 79.9 Å². The third-order valence-corrected chi connectivity index (χ3v) is 4.76. The lowest BCUT2D eigenvalue weighted by Gasteiger charge is -2.32. The van der Waals surface area contributed by atoms with E-state index in [0.29, 0.717) is 5.82 Å². The fourth-order valence-electron chi connectivity index (χ4n) is 3.16. The molecule has 1 aliphatic carbocycles. The molecule has 4 rings (SSSR count). The van der Waals surface area contributed by atoms with Gasteiger partial charge in [0.2, 0.25) is 5.91 Å². The highest BCUT2D eigenvalue weighted by atomic mass is 16.5. The van der Waals surface area contributed by atoms with E-state index in [1.807, 2.05) is 25.1 Å². The Hall–Kier alpha value is -2.73. The van der Waals surface area contributed by atoms with Crippen molar-refractivity contribution in [2.75, 3.05) is 12.4 Å². The summed E-state index contributed by atoms with van der Waals surface area (Å²) in [6.45, 7) is 1.97. The van der Waals surface area contributed by atoms with Crippen LogP contribution in [0.2, 0.25) is 0 Å². The van der Waals surface area contributed by atoms with Crippen molar-refractivity contribution in [2.45, 2.75) is 25.9 Å². The minimum absolute atomic E-state index is 0.0108. The highest BCUT2D eigenvalue weighted by Gasteiger charge is 2.34. The summed E-state index contributed by atoms with van der Waals surface area (Å²) >= 11 is 0. The highest BCUT2D eigenvalue weighted by molar-refractivity contribution is 5.94. The highest BCUT2D eigenvalue weighted by Crippen LogP contribution is 2.31. The number of pyridine rings is 2. The lowest BCUT2D eigenvalue weighted by atomic mass is 9.81. The normalized spacial score (nSPS) is 19.6. The van der Waals surface area contributed by atoms with Gasteiger partial charge >= 0.3 is 0 Å². The maximum atomic E-state index is 12.2. The number of carbonyl (C=O) groups is 1. The van der Waals surface area contributed by atoms with Crippen LogP contribution in [-0.2, 0) is 9.53 Å². The summed E-state index contributed by atoms with van der Waals surface area (Å²) in [6, 6.07) is 7.93. The minimum atomic E-state index is 0.0108. The zero-order valence-electron chi connectivity index (χ0n) is 14.2. The van der Waals surface area contributed by atoms with Crippen molar-refractivity contribution in [3.8, 4) is 11.3 Å². The van der Waals surface area contributed by atoms with Gasteiger partial charge in [-0.05, 0) is 38.0 Å². The number of nitrogens with one attached hydrogen (secondary N) is 2. The molecule has 0 bridgehead atoms. The van der Waals surface area contributed by atoms with E-state index in [4.69, 9.17) is 4.74 Å². The largest absolute Gasteiger partial charge is 0.381 e. The number of aromatic nitrogens is 3. The number of rotatable bonds is 4. The molecule has 1 saturated carbocycles. The molecule has 0 saturated heterocycles. The molecule has 25 heavy (non-hydrogen) atoms. The minimum Gasteiger partial charge on any atom is -0.381 e. The monoisotopic (exact) mass is 336 g/mol. The third-order valence-electron chi connectivity index (χ3n) is 4.76. The summed E-state index contributed by atoms with van der Waals surface area (Å²) in [5.41, 5.74) is 4.00. The van der Waals surface area contributed by atoms with E-state index in [9.17, 15) is 4.79 Å². The van der Waals surface area contributed by atoms with Crippen LogP contribution >= 0.6 is 0 Å². The lowest BCUT2D eigenvalue weighted by molar-refractivity contribution is -0.127. The quantitative estimate of drug-likeness (QED) is 0.766. The number of hydrogen-bond donors (Lipinski definition) is 2. The number of amides is 1. The number of ether oxygens (including phenoxy) is 1. The Kier molecular flexibility index (Phi) is 3.97. The smallest absolute Gasteiger partial charge is 0.228 e. The molecule has 1 fully saturated rings. The average molecular weight is 336 g/mol. The maximum Gasteiger partial charge on any atom is 0.228 e. The lowest BCUT2D eigenvalue weighted by Crippen LogP contribution is -2.38. The zero-order valence-corrected chi connectivity index (χ0v) is 14.2. The molecule has 0 aromatic carbocycles. The van der Waals surface area contributed by atoms with E-state index in [2.05, 4.69) is 26.3 Å². The first-order valence-electron chi connectivity index (χ1n) is 8.38. The average Bonchev–Trinajstić information content (AvgIpc) is 2.97. The van der Waals surface area contributed by atoms with Gasteiger partial charge < -0.3 is 15.0 Å². The molecule has 128 valence electrons. The van der Waals surface area contributed by atoms with E-state index < -0.39 is 0 Å². The van der Waals surface area contributed by atoms with Gasteiger partial charge in [0.15, 0.2) is 0 Å². The van der Waals surface area contributed by atoms with Crippen molar-refractivity contribution in [2.24, 2.45) is 5.92 Å². The van der Waals surface area contributed by atoms with Crippen LogP contribution in [0.15, 0.2) is 36.7 Å². The van der Waals surface area contributed by atoms with Gasteiger partial charge in [-0.3, -0.25) is 9.78 Å². The predicted molar refractivity (Wildman–Crippen MR) is 96.2 cm³/mol. The number of methoxy groups -OCH3 is 1. The van der Waals surface area contributed by atoms with E-state index in [-0.39, 0.29) is 17.9 Å². The molecule has 0 atom stereocenters. The summed E-state index contributed by atoms with van der Waals surface area (Å²) < 4.78 is 5.22. The van der Waals surface area contributed by atoms with Gasteiger partial charge in [0, 0.05) is 53.8 Å². The summed E-state index contributed by atoms with van der Waals surface area (Å²) in [4.78, 5) is 24.2. The molecule has 6 heteroatoms. The predicted octanol–water partition coefficient (Wildman–Crippen LogP) is 3.30. The SMILES string of the molecule is CO[C@H]1C[C@@H](C(=O)Nc2cc3[nH]c(-c4ccnc(C)c4)cc3cn2)C1. The molecule has 0 aliphatic heterocycles. The van der Waals surface area contributed by atoms with E-state index in [1.54, 1.807) is 19.5 Å². The Bertz CT molecular complexity index is 928. The fourth-order valence-corrected chi connectivity index (χ4v) is 3.16. The Balaban J connectivity index is 1.53. The van der Waals surface area contributed by atoms with Crippen LogP contribution in [0.5, 0.6) is 0 Å². The van der Waals surface area contributed by atoms with Gasteiger partial charge in [-0.2, -0.15) is 0 Å². The molecular weight excluding hydrogens is 316 g/mol. The second-order valence-electron chi connectivity index (χ2n) is 6.54. The van der Waals surface area contributed by atoms with Crippen LogP contribution in [0.3, 0.4) is 0 Å². The van der Waals surface area contributed by atoms with Gasteiger partial charge in [-0.15, -0.1) is 0 Å². The van der Waals surface area contributed by atoms with Gasteiger partial charge in [-0.25, -0.2) is 4.98 Å². The first-order chi connectivity index (χ1) is 12.1. The van der Waals surface area contributed by atoms with Crippen LogP contribution in [0.25, 0.3) is 22.2 Å². The van der Waals surface area contributed by atoms with Crippen molar-refractivity contribution in [1.29, 1.82) is 0 Å². The summed E-state index contributed by atoms with van der Waals surface area (Å²) in [6.07, 6.45) is 5.34. The first-order valence-corrected chi connectivity index (χ1v) is 8.38. The Morgan fingerprint density at radius 3 is 2.88 bits per heavy atom. The summed E-state index contributed by atoms with van der Waals surface area (Å²) in [5.74, 6) is 0.593. The van der Waals surface area contributed by atoms with Gasteiger partial charge in [0.1, 0.15) is 5.82 Å². The maximum absolute atomic E-state index is 12.2. The van der Waals surface area contributed by atoms with Crippen molar-refractivity contribution < 1.29 is 9.53 Å². The Morgan fingerprint density at radius 1 is 1.28 bits per heavy atom. The Labute approximate surface area is 145 Å². The Morgan fingerprint density at radius 2 is 2.12 bits per heavy atom. The van der Waals surface area contributed by atoms with Crippen LogP contribution in [0, 0.1) is 12.8 Å². The van der Waals surface area contributed by atoms with Gasteiger partial charge in [-0.1, -0.05) is 0 Å². The van der Waals surface area contributed by atoms with Crippen LogP contribution in [-0.4, -0.2) is 34.1 Å². The number of fused-ring (bicyclic) bond motifs is 1. The van der Waals surface area contributed by atoms with E-state index >= 15 is 0 Å². The van der Waals surface area contributed by atoms with Crippen molar-refractivity contribution in [3.63, 3.8) is 0 Å². The molecule has 1 aliphatic rings. The number of hydrogen-bond acceptors (Lipinski definition) is 4. The molecule has 3 heterocycles. The summed E-state index contributed by atoms with van der Waals surface area (Å²) in [7, 11) is 1.68. The second kappa shape index (κ2) is 6.29. The molecule has 0 spiro atoms. The van der Waals surface area contributed by atoms with Crippen molar-refractivity contribution >= 4 is 22.6 Å². The standard InChI is InChI=1S/C19H20N4O2/c1-11-5-12(3-4-20-11)16-8-14-10-21-18(9-17(14)22-16)23-19(24)13-6-15(7-13)25-2/h3-5,8-10,13,15,22H,6-7H2,1-2H3,(H,21,23,24)/t13-,15+. The fraction of sp³-hybridized carbons (Fsp3) is 0.316. The van der Waals surface area contributed by atoms with Crippen LogP contribution in [0.4, 0.5) is 5.82 Å². The first kappa shape index (κ1) is 15.8. The number of aryl methyl sites for hydroxylation is 1. The number of aromatic amines is 1. The molecule has 0 radical (unpaired) electrons. The van der Waals surface area contributed by atoms with Gasteiger partial charge in [0.05, 0.1) is 11.6 Å². The number of carbonyl (C=O) groups excluding carboxylic acids is 1. The zero-order chi connectivity index (χ0) is 17.4. The molecule has 3 aromatic rings. The van der Waals surface area contributed by atoms with E-state index in [0.717, 1.165) is 40.7 Å².